The molecule has 0 saturated carbocycles. The van der Waals surface area contributed by atoms with Crippen LogP contribution in [0.25, 0.3) is 0 Å². The number of hydrogen-bond acceptors (Lipinski definition) is 3. The maximum Gasteiger partial charge on any atom is 0.323 e. The monoisotopic (exact) mass is 389 g/mol. The molecule has 0 unspecified atom stereocenters. The summed E-state index contributed by atoms with van der Waals surface area (Å²) in [5, 5.41) is 8.37. The molecule has 0 bridgehead atoms. The summed E-state index contributed by atoms with van der Waals surface area (Å²) in [6.45, 7) is 0. The van der Waals surface area contributed by atoms with E-state index in [0.29, 0.717) is 29.9 Å². The van der Waals surface area contributed by atoms with Gasteiger partial charge >= 0.3 is 6.03 Å². The molecular formula is C23H23N3O3. The molecule has 0 fully saturated rings. The zero-order valence-corrected chi connectivity index (χ0v) is 16.1. The Bertz CT molecular complexity index is 939. The number of methoxy groups -OCH3 is 1. The Balaban J connectivity index is 1.45. The SMILES string of the molecule is COc1ccc(CCC(=O)Nc2ccc(NC(=O)Nc3ccccc3)cc2)cc1. The molecule has 0 radical (unpaired) electrons. The minimum absolute atomic E-state index is 0.0663. The van der Waals surface area contributed by atoms with E-state index in [4.69, 9.17) is 4.74 Å². The fourth-order valence-electron chi connectivity index (χ4n) is 2.73. The van der Waals surface area contributed by atoms with Gasteiger partial charge in [-0.2, -0.15) is 0 Å². The van der Waals surface area contributed by atoms with Crippen LogP contribution in [0, 0.1) is 0 Å². The highest BCUT2D eigenvalue weighted by Gasteiger charge is 2.05. The van der Waals surface area contributed by atoms with Gasteiger partial charge in [-0.15, -0.1) is 0 Å². The Labute approximate surface area is 169 Å². The first-order valence-corrected chi connectivity index (χ1v) is 9.28. The number of benzene rings is 3. The molecule has 6 heteroatoms. The van der Waals surface area contributed by atoms with Crippen LogP contribution in [0.2, 0.25) is 0 Å². The first-order chi connectivity index (χ1) is 14.1. The average Bonchev–Trinajstić information content (AvgIpc) is 2.75. The van der Waals surface area contributed by atoms with E-state index in [1.807, 2.05) is 54.6 Å². The van der Waals surface area contributed by atoms with Crippen molar-refractivity contribution in [1.82, 2.24) is 0 Å². The number of nitrogens with one attached hydrogen (secondary N) is 3. The number of aryl methyl sites for hydroxylation is 1. The lowest BCUT2D eigenvalue weighted by molar-refractivity contribution is -0.116. The molecule has 148 valence electrons. The fraction of sp³-hybridized carbons (Fsp3) is 0.130. The molecule has 29 heavy (non-hydrogen) atoms. The number of ether oxygens (including phenoxy) is 1. The van der Waals surface area contributed by atoms with E-state index >= 15 is 0 Å². The lowest BCUT2D eigenvalue weighted by Crippen LogP contribution is -2.19. The highest BCUT2D eigenvalue weighted by molar-refractivity contribution is 6.00. The number of amides is 3. The Morgan fingerprint density at radius 2 is 1.28 bits per heavy atom. The first-order valence-electron chi connectivity index (χ1n) is 9.28. The van der Waals surface area contributed by atoms with E-state index in [1.54, 1.807) is 31.4 Å². The summed E-state index contributed by atoms with van der Waals surface area (Å²) in [6, 6.07) is 23.5. The van der Waals surface area contributed by atoms with Crippen LogP contribution in [0.5, 0.6) is 5.75 Å². The second kappa shape index (κ2) is 9.94. The topological polar surface area (TPSA) is 79.5 Å². The second-order valence-corrected chi connectivity index (χ2v) is 6.42. The zero-order valence-electron chi connectivity index (χ0n) is 16.1. The van der Waals surface area contributed by atoms with Crippen molar-refractivity contribution in [3.8, 4) is 5.75 Å². The summed E-state index contributed by atoms with van der Waals surface area (Å²) in [5.41, 5.74) is 3.10. The molecule has 6 nitrogen and oxygen atoms in total. The van der Waals surface area contributed by atoms with Crippen molar-refractivity contribution >= 4 is 29.0 Å². The molecule has 3 amide bonds. The molecule has 3 aromatic carbocycles. The summed E-state index contributed by atoms with van der Waals surface area (Å²) in [7, 11) is 1.62. The van der Waals surface area contributed by atoms with Gasteiger partial charge in [0.05, 0.1) is 7.11 Å². The molecule has 0 aliphatic carbocycles. The fourth-order valence-corrected chi connectivity index (χ4v) is 2.73. The lowest BCUT2D eigenvalue weighted by atomic mass is 10.1. The average molecular weight is 389 g/mol. The van der Waals surface area contributed by atoms with Gasteiger partial charge in [0.15, 0.2) is 0 Å². The number of urea groups is 1. The standard InChI is InChI=1S/C23H23N3O3/c1-29-21-14-7-17(8-15-21)9-16-22(27)24-19-10-12-20(13-11-19)26-23(28)25-18-5-3-2-4-6-18/h2-8,10-15H,9,16H2,1H3,(H,24,27)(H2,25,26,28). The predicted octanol–water partition coefficient (Wildman–Crippen LogP) is 4.91. The molecule has 0 spiro atoms. The molecule has 3 aromatic rings. The van der Waals surface area contributed by atoms with Crippen molar-refractivity contribution < 1.29 is 14.3 Å². The maximum absolute atomic E-state index is 12.2. The molecule has 0 atom stereocenters. The van der Waals surface area contributed by atoms with Gasteiger partial charge in [-0.05, 0) is 60.5 Å². The van der Waals surface area contributed by atoms with E-state index < -0.39 is 0 Å². The van der Waals surface area contributed by atoms with Crippen LogP contribution in [0.1, 0.15) is 12.0 Å². The zero-order chi connectivity index (χ0) is 20.5. The van der Waals surface area contributed by atoms with Gasteiger partial charge < -0.3 is 20.7 Å². The predicted molar refractivity (Wildman–Crippen MR) is 115 cm³/mol. The summed E-state index contributed by atoms with van der Waals surface area (Å²) >= 11 is 0. The van der Waals surface area contributed by atoms with Gasteiger partial charge in [0, 0.05) is 23.5 Å². The van der Waals surface area contributed by atoms with E-state index in [2.05, 4.69) is 16.0 Å². The highest BCUT2D eigenvalue weighted by atomic mass is 16.5. The van der Waals surface area contributed by atoms with Gasteiger partial charge in [-0.1, -0.05) is 30.3 Å². The lowest BCUT2D eigenvalue weighted by Gasteiger charge is -2.09. The molecule has 0 saturated heterocycles. The molecule has 0 aliphatic heterocycles. The van der Waals surface area contributed by atoms with Crippen LogP contribution in [0.15, 0.2) is 78.9 Å². The normalized spacial score (nSPS) is 10.1. The first kappa shape index (κ1) is 19.9. The molecule has 3 N–H and O–H groups in total. The molecule has 0 heterocycles. The number of hydrogen-bond donors (Lipinski definition) is 3. The number of anilines is 3. The minimum atomic E-state index is -0.326. The third kappa shape index (κ3) is 6.39. The van der Waals surface area contributed by atoms with Crippen LogP contribution < -0.4 is 20.7 Å². The molecule has 3 rings (SSSR count). The molecular weight excluding hydrogens is 366 g/mol. The Hall–Kier alpha value is -3.80. The third-order valence-electron chi connectivity index (χ3n) is 4.26. The van der Waals surface area contributed by atoms with E-state index in [9.17, 15) is 9.59 Å². The summed E-state index contributed by atoms with van der Waals surface area (Å²) in [4.78, 5) is 24.2. The molecule has 0 aliphatic rings. The Kier molecular flexibility index (Phi) is 6.84. The van der Waals surface area contributed by atoms with Crippen molar-refractivity contribution in [3.63, 3.8) is 0 Å². The van der Waals surface area contributed by atoms with Crippen molar-refractivity contribution in [1.29, 1.82) is 0 Å². The van der Waals surface area contributed by atoms with Crippen molar-refractivity contribution in [3.05, 3.63) is 84.4 Å². The smallest absolute Gasteiger partial charge is 0.323 e. The Morgan fingerprint density at radius 3 is 1.86 bits per heavy atom. The highest BCUT2D eigenvalue weighted by Crippen LogP contribution is 2.16. The Morgan fingerprint density at radius 1 is 0.724 bits per heavy atom. The van der Waals surface area contributed by atoms with Gasteiger partial charge in [0.2, 0.25) is 5.91 Å². The van der Waals surface area contributed by atoms with Crippen LogP contribution in [0.4, 0.5) is 21.9 Å². The number of rotatable bonds is 7. The van der Waals surface area contributed by atoms with Gasteiger partial charge in [0.1, 0.15) is 5.75 Å². The number of carbonyl (C=O) groups excluding carboxylic acids is 2. The van der Waals surface area contributed by atoms with E-state index in [1.165, 1.54) is 0 Å². The summed E-state index contributed by atoms with van der Waals surface area (Å²) in [5.74, 6) is 0.729. The van der Waals surface area contributed by atoms with Crippen LogP contribution in [0.3, 0.4) is 0 Å². The van der Waals surface area contributed by atoms with Crippen LogP contribution in [-0.2, 0) is 11.2 Å². The van der Waals surface area contributed by atoms with Crippen molar-refractivity contribution in [2.45, 2.75) is 12.8 Å². The van der Waals surface area contributed by atoms with Crippen LogP contribution >= 0.6 is 0 Å². The quantitative estimate of drug-likeness (QED) is 0.537. The van der Waals surface area contributed by atoms with Crippen LogP contribution in [-0.4, -0.2) is 19.0 Å². The van der Waals surface area contributed by atoms with Gasteiger partial charge in [0.25, 0.3) is 0 Å². The van der Waals surface area contributed by atoms with Gasteiger partial charge in [-0.3, -0.25) is 4.79 Å². The van der Waals surface area contributed by atoms with E-state index in [-0.39, 0.29) is 11.9 Å². The largest absolute Gasteiger partial charge is 0.497 e. The summed E-state index contributed by atoms with van der Waals surface area (Å²) in [6.07, 6.45) is 1.03. The van der Waals surface area contributed by atoms with Gasteiger partial charge in [-0.25, -0.2) is 4.79 Å². The summed E-state index contributed by atoms with van der Waals surface area (Å²) < 4.78 is 5.13. The second-order valence-electron chi connectivity index (χ2n) is 6.42. The maximum atomic E-state index is 12.2. The minimum Gasteiger partial charge on any atom is -0.497 e. The van der Waals surface area contributed by atoms with Crippen molar-refractivity contribution in [2.75, 3.05) is 23.1 Å². The number of para-hydroxylation sites is 1. The number of carbonyl (C=O) groups is 2. The molecule has 0 aromatic heterocycles. The van der Waals surface area contributed by atoms with E-state index in [0.717, 1.165) is 11.3 Å². The third-order valence-corrected chi connectivity index (χ3v) is 4.26. The van der Waals surface area contributed by atoms with Crippen molar-refractivity contribution in [2.24, 2.45) is 0 Å².